The molecule has 0 saturated heterocycles. The third-order valence-corrected chi connectivity index (χ3v) is 2.53. The summed E-state index contributed by atoms with van der Waals surface area (Å²) in [5.74, 6) is 1.86. The van der Waals surface area contributed by atoms with Crippen LogP contribution in [-0.4, -0.2) is 24.4 Å². The largest absolute Gasteiger partial charge is 0.454 e. The SMILES string of the molecule is CCCCN=C(NO)c1ccc2c(c1)OCO2. The van der Waals surface area contributed by atoms with Crippen LogP contribution in [0.5, 0.6) is 11.5 Å². The number of amidine groups is 1. The van der Waals surface area contributed by atoms with Gasteiger partial charge in [0.1, 0.15) is 0 Å². The highest BCUT2D eigenvalue weighted by molar-refractivity contribution is 5.98. The van der Waals surface area contributed by atoms with E-state index in [-0.39, 0.29) is 6.79 Å². The smallest absolute Gasteiger partial charge is 0.231 e. The van der Waals surface area contributed by atoms with Crippen molar-refractivity contribution in [2.75, 3.05) is 13.3 Å². The molecule has 2 rings (SSSR count). The molecule has 5 nitrogen and oxygen atoms in total. The number of nitrogens with one attached hydrogen (secondary N) is 1. The molecule has 0 aliphatic carbocycles. The van der Waals surface area contributed by atoms with E-state index in [2.05, 4.69) is 17.4 Å². The Hall–Kier alpha value is -1.75. The Morgan fingerprint density at radius 3 is 3.00 bits per heavy atom. The lowest BCUT2D eigenvalue weighted by Crippen LogP contribution is -2.20. The Morgan fingerprint density at radius 1 is 1.41 bits per heavy atom. The zero-order valence-corrected chi connectivity index (χ0v) is 9.77. The molecule has 92 valence electrons. The molecule has 0 spiro atoms. The summed E-state index contributed by atoms with van der Waals surface area (Å²) in [5, 5.41) is 9.07. The van der Waals surface area contributed by atoms with Gasteiger partial charge in [0, 0.05) is 12.1 Å². The molecule has 0 bridgehead atoms. The second kappa shape index (κ2) is 5.54. The summed E-state index contributed by atoms with van der Waals surface area (Å²) in [6.45, 7) is 3.03. The van der Waals surface area contributed by atoms with Crippen molar-refractivity contribution in [3.8, 4) is 11.5 Å². The number of unbranched alkanes of at least 4 members (excludes halogenated alkanes) is 1. The maximum atomic E-state index is 9.07. The molecule has 0 aromatic heterocycles. The molecule has 17 heavy (non-hydrogen) atoms. The Labute approximate surface area is 100 Å². The van der Waals surface area contributed by atoms with Crippen molar-refractivity contribution in [3.63, 3.8) is 0 Å². The van der Waals surface area contributed by atoms with Gasteiger partial charge in [-0.1, -0.05) is 13.3 Å². The van der Waals surface area contributed by atoms with E-state index in [1.807, 2.05) is 12.1 Å². The van der Waals surface area contributed by atoms with E-state index in [4.69, 9.17) is 14.7 Å². The molecule has 1 aliphatic heterocycles. The van der Waals surface area contributed by atoms with Crippen LogP contribution < -0.4 is 15.0 Å². The predicted molar refractivity (Wildman–Crippen MR) is 63.8 cm³/mol. The number of ether oxygens (including phenoxy) is 2. The first-order chi connectivity index (χ1) is 8.35. The molecule has 0 saturated carbocycles. The zero-order chi connectivity index (χ0) is 12.1. The van der Waals surface area contributed by atoms with Gasteiger partial charge in [0.2, 0.25) is 6.79 Å². The second-order valence-corrected chi connectivity index (χ2v) is 3.76. The Morgan fingerprint density at radius 2 is 2.24 bits per heavy atom. The molecule has 1 aromatic rings. The number of fused-ring (bicyclic) bond motifs is 1. The van der Waals surface area contributed by atoms with Gasteiger partial charge in [-0.3, -0.25) is 15.7 Å². The van der Waals surface area contributed by atoms with Gasteiger partial charge in [-0.15, -0.1) is 0 Å². The summed E-state index contributed by atoms with van der Waals surface area (Å²) in [6, 6.07) is 5.45. The van der Waals surface area contributed by atoms with E-state index >= 15 is 0 Å². The third kappa shape index (κ3) is 2.68. The number of hydrogen-bond acceptors (Lipinski definition) is 4. The van der Waals surface area contributed by atoms with Gasteiger partial charge in [0.25, 0.3) is 0 Å². The molecule has 5 heteroatoms. The number of rotatable bonds is 4. The number of aliphatic imine (C=N–C) groups is 1. The number of nitrogens with zero attached hydrogens (tertiary/aromatic N) is 1. The summed E-state index contributed by atoms with van der Waals surface area (Å²) in [7, 11) is 0. The number of hydrogen-bond donors (Lipinski definition) is 2. The molecule has 2 N–H and O–H groups in total. The summed E-state index contributed by atoms with van der Waals surface area (Å²) in [5.41, 5.74) is 2.91. The van der Waals surface area contributed by atoms with Crippen LogP contribution in [0.25, 0.3) is 0 Å². The molecule has 0 amide bonds. The Bertz CT molecular complexity index is 418. The predicted octanol–water partition coefficient (Wildman–Crippen LogP) is 1.94. The first-order valence-electron chi connectivity index (χ1n) is 5.69. The quantitative estimate of drug-likeness (QED) is 0.363. The van der Waals surface area contributed by atoms with Gasteiger partial charge in [0.15, 0.2) is 17.3 Å². The van der Waals surface area contributed by atoms with Crippen LogP contribution in [0.4, 0.5) is 0 Å². The first-order valence-corrected chi connectivity index (χ1v) is 5.69. The van der Waals surface area contributed by atoms with E-state index < -0.39 is 0 Å². The van der Waals surface area contributed by atoms with Gasteiger partial charge in [-0.25, -0.2) is 0 Å². The topological polar surface area (TPSA) is 63.1 Å². The molecule has 1 heterocycles. The average Bonchev–Trinajstić information content (AvgIpc) is 2.82. The second-order valence-electron chi connectivity index (χ2n) is 3.76. The molecular weight excluding hydrogens is 220 g/mol. The fraction of sp³-hybridized carbons (Fsp3) is 0.417. The summed E-state index contributed by atoms with van der Waals surface area (Å²) < 4.78 is 10.5. The first kappa shape index (κ1) is 11.7. The standard InChI is InChI=1S/C12H16N2O3/c1-2-3-6-13-12(14-15)9-4-5-10-11(7-9)17-8-16-10/h4-5,7,15H,2-3,6,8H2,1H3,(H,13,14). The normalized spacial score (nSPS) is 13.9. The summed E-state index contributed by atoms with van der Waals surface area (Å²) in [4.78, 5) is 4.29. The van der Waals surface area contributed by atoms with Crippen molar-refractivity contribution >= 4 is 5.84 Å². The van der Waals surface area contributed by atoms with Crippen LogP contribution in [0.3, 0.4) is 0 Å². The van der Waals surface area contributed by atoms with Crippen LogP contribution >= 0.6 is 0 Å². The molecular formula is C12H16N2O3. The molecule has 0 unspecified atom stereocenters. The minimum atomic E-state index is 0.244. The van der Waals surface area contributed by atoms with E-state index in [0.717, 1.165) is 24.2 Å². The van der Waals surface area contributed by atoms with Crippen molar-refractivity contribution in [2.24, 2.45) is 4.99 Å². The lowest BCUT2D eigenvalue weighted by Gasteiger charge is -2.06. The Balaban J connectivity index is 2.16. The minimum Gasteiger partial charge on any atom is -0.454 e. The molecule has 1 aliphatic rings. The van der Waals surface area contributed by atoms with Crippen molar-refractivity contribution in [3.05, 3.63) is 23.8 Å². The van der Waals surface area contributed by atoms with Crippen molar-refractivity contribution < 1.29 is 14.7 Å². The van der Waals surface area contributed by atoms with Crippen LogP contribution in [0.1, 0.15) is 25.3 Å². The molecule has 1 aromatic carbocycles. The van der Waals surface area contributed by atoms with E-state index in [9.17, 15) is 0 Å². The zero-order valence-electron chi connectivity index (χ0n) is 9.77. The maximum absolute atomic E-state index is 9.07. The Kier molecular flexibility index (Phi) is 3.82. The third-order valence-electron chi connectivity index (χ3n) is 2.53. The fourth-order valence-corrected chi connectivity index (χ4v) is 1.58. The van der Waals surface area contributed by atoms with Gasteiger partial charge < -0.3 is 9.47 Å². The minimum absolute atomic E-state index is 0.244. The lowest BCUT2D eigenvalue weighted by atomic mass is 10.2. The van der Waals surface area contributed by atoms with E-state index in [1.54, 1.807) is 6.07 Å². The highest BCUT2D eigenvalue weighted by atomic mass is 16.7. The molecule has 0 fully saturated rings. The molecule has 0 atom stereocenters. The van der Waals surface area contributed by atoms with Crippen LogP contribution in [0, 0.1) is 0 Å². The highest BCUT2D eigenvalue weighted by Crippen LogP contribution is 2.32. The average molecular weight is 236 g/mol. The lowest BCUT2D eigenvalue weighted by molar-refractivity contribution is 0.174. The highest BCUT2D eigenvalue weighted by Gasteiger charge is 2.14. The monoisotopic (exact) mass is 236 g/mol. The van der Waals surface area contributed by atoms with Crippen LogP contribution in [-0.2, 0) is 0 Å². The van der Waals surface area contributed by atoms with Crippen molar-refractivity contribution in [2.45, 2.75) is 19.8 Å². The van der Waals surface area contributed by atoms with Gasteiger partial charge >= 0.3 is 0 Å². The number of hydroxylamine groups is 1. The van der Waals surface area contributed by atoms with E-state index in [0.29, 0.717) is 18.1 Å². The van der Waals surface area contributed by atoms with Crippen molar-refractivity contribution in [1.82, 2.24) is 5.48 Å². The maximum Gasteiger partial charge on any atom is 0.231 e. The van der Waals surface area contributed by atoms with Crippen LogP contribution in [0.15, 0.2) is 23.2 Å². The summed E-state index contributed by atoms with van der Waals surface area (Å²) >= 11 is 0. The number of benzene rings is 1. The van der Waals surface area contributed by atoms with Crippen LogP contribution in [0.2, 0.25) is 0 Å². The van der Waals surface area contributed by atoms with Gasteiger partial charge in [-0.2, -0.15) is 0 Å². The molecule has 0 radical (unpaired) electrons. The van der Waals surface area contributed by atoms with Gasteiger partial charge in [0.05, 0.1) is 0 Å². The van der Waals surface area contributed by atoms with Gasteiger partial charge in [-0.05, 0) is 24.6 Å². The fourth-order valence-electron chi connectivity index (χ4n) is 1.58. The summed E-state index contributed by atoms with van der Waals surface area (Å²) in [6.07, 6.45) is 2.07. The van der Waals surface area contributed by atoms with Crippen molar-refractivity contribution in [1.29, 1.82) is 0 Å². The van der Waals surface area contributed by atoms with E-state index in [1.165, 1.54) is 0 Å².